The standard InChI is InChI=1S/C30H31ClN6O2S/c1-39-20-25-18-28(37-16-14-36(15-17-37)27-8-3-2-7-26(27)31)35-30(34-25)40-21-22-9-11-23(12-10-22)29(38)33-19-24-6-4-5-13-32-24/h2-13,18H,14-17,19-21H2,1H3,(H,33,38). The number of halogens is 1. The number of rotatable bonds is 10. The highest BCUT2D eigenvalue weighted by Crippen LogP contribution is 2.28. The maximum Gasteiger partial charge on any atom is 0.251 e. The van der Waals surface area contributed by atoms with Gasteiger partial charge in [0.2, 0.25) is 0 Å². The second kappa shape index (κ2) is 13.6. The summed E-state index contributed by atoms with van der Waals surface area (Å²) < 4.78 is 5.38. The zero-order valence-electron chi connectivity index (χ0n) is 22.3. The van der Waals surface area contributed by atoms with Gasteiger partial charge in [-0.3, -0.25) is 9.78 Å². The molecule has 0 aliphatic carbocycles. The molecule has 2 aromatic carbocycles. The van der Waals surface area contributed by atoms with Gasteiger partial charge in [0.05, 0.1) is 35.2 Å². The van der Waals surface area contributed by atoms with Crippen molar-refractivity contribution in [3.05, 3.63) is 107 Å². The van der Waals surface area contributed by atoms with Gasteiger partial charge in [-0.2, -0.15) is 0 Å². The number of methoxy groups -OCH3 is 1. The van der Waals surface area contributed by atoms with Gasteiger partial charge in [0.15, 0.2) is 5.16 Å². The zero-order valence-corrected chi connectivity index (χ0v) is 23.9. The van der Waals surface area contributed by atoms with Gasteiger partial charge in [-0.05, 0) is 42.0 Å². The molecule has 0 unspecified atom stereocenters. The molecule has 1 N–H and O–H groups in total. The Bertz CT molecular complexity index is 1420. The van der Waals surface area contributed by atoms with Crippen LogP contribution >= 0.6 is 23.4 Å². The van der Waals surface area contributed by atoms with E-state index in [0.717, 1.165) is 59.7 Å². The average molecular weight is 575 g/mol. The van der Waals surface area contributed by atoms with E-state index < -0.39 is 0 Å². The lowest BCUT2D eigenvalue weighted by molar-refractivity contribution is 0.0950. The number of ether oxygens (including phenoxy) is 1. The summed E-state index contributed by atoms with van der Waals surface area (Å²) in [6.07, 6.45) is 1.72. The van der Waals surface area contributed by atoms with Gasteiger partial charge in [0.1, 0.15) is 5.82 Å². The van der Waals surface area contributed by atoms with E-state index in [1.165, 1.54) is 0 Å². The van der Waals surface area contributed by atoms with E-state index in [1.807, 2.05) is 66.7 Å². The number of piperazine rings is 1. The first-order valence-corrected chi connectivity index (χ1v) is 14.5. The van der Waals surface area contributed by atoms with Crippen LogP contribution in [0.5, 0.6) is 0 Å². The maximum absolute atomic E-state index is 12.5. The van der Waals surface area contributed by atoms with Gasteiger partial charge < -0.3 is 19.9 Å². The highest BCUT2D eigenvalue weighted by atomic mass is 35.5. The number of hydrogen-bond donors (Lipinski definition) is 1. The Morgan fingerprint density at radius 2 is 1.70 bits per heavy atom. The number of anilines is 2. The number of carbonyl (C=O) groups excluding carboxylic acids is 1. The Balaban J connectivity index is 1.19. The van der Waals surface area contributed by atoms with Gasteiger partial charge in [0, 0.05) is 56.9 Å². The van der Waals surface area contributed by atoms with E-state index in [0.29, 0.717) is 29.6 Å². The number of amides is 1. The number of aromatic nitrogens is 3. The predicted octanol–water partition coefficient (Wildman–Crippen LogP) is 5.22. The minimum atomic E-state index is -0.125. The highest BCUT2D eigenvalue weighted by Gasteiger charge is 2.21. The monoisotopic (exact) mass is 574 g/mol. The van der Waals surface area contributed by atoms with Crippen molar-refractivity contribution in [3.63, 3.8) is 0 Å². The summed E-state index contributed by atoms with van der Waals surface area (Å²) in [5.74, 6) is 1.47. The fourth-order valence-corrected chi connectivity index (χ4v) is 5.55. The van der Waals surface area contributed by atoms with Crippen molar-refractivity contribution in [2.24, 2.45) is 0 Å². The maximum atomic E-state index is 12.5. The highest BCUT2D eigenvalue weighted by molar-refractivity contribution is 7.98. The van der Waals surface area contributed by atoms with Gasteiger partial charge in [-0.25, -0.2) is 9.97 Å². The fourth-order valence-electron chi connectivity index (χ4n) is 4.47. The van der Waals surface area contributed by atoms with Crippen LogP contribution in [0.15, 0.2) is 84.1 Å². The summed E-state index contributed by atoms with van der Waals surface area (Å²) in [6.45, 7) is 4.20. The molecule has 2 aromatic heterocycles. The van der Waals surface area contributed by atoms with E-state index in [9.17, 15) is 4.79 Å². The third kappa shape index (κ3) is 7.29. The second-order valence-electron chi connectivity index (χ2n) is 9.35. The van der Waals surface area contributed by atoms with Crippen LogP contribution in [0.4, 0.5) is 11.5 Å². The average Bonchev–Trinajstić information content (AvgIpc) is 3.00. The normalized spacial score (nSPS) is 13.3. The quantitative estimate of drug-likeness (QED) is 0.204. The van der Waals surface area contributed by atoms with Gasteiger partial charge >= 0.3 is 0 Å². The fraction of sp³-hybridized carbons (Fsp3) is 0.267. The van der Waals surface area contributed by atoms with Crippen LogP contribution in [0.1, 0.15) is 27.3 Å². The third-order valence-corrected chi connectivity index (χ3v) is 7.81. The summed E-state index contributed by atoms with van der Waals surface area (Å²) in [7, 11) is 1.67. The second-order valence-corrected chi connectivity index (χ2v) is 10.7. The minimum absolute atomic E-state index is 0.125. The molecule has 0 radical (unpaired) electrons. The summed E-state index contributed by atoms with van der Waals surface area (Å²) in [5.41, 5.74) is 4.44. The molecular weight excluding hydrogens is 544 g/mol. The number of carbonyl (C=O) groups is 1. The van der Waals surface area contributed by atoms with Crippen LogP contribution in [0, 0.1) is 0 Å². The van der Waals surface area contributed by atoms with Gasteiger partial charge in [0.25, 0.3) is 5.91 Å². The molecule has 5 rings (SSSR count). The predicted molar refractivity (Wildman–Crippen MR) is 160 cm³/mol. The minimum Gasteiger partial charge on any atom is -0.378 e. The lowest BCUT2D eigenvalue weighted by Gasteiger charge is -2.37. The SMILES string of the molecule is COCc1cc(N2CCN(c3ccccc3Cl)CC2)nc(SCc2ccc(C(=O)NCc3ccccn3)cc2)n1. The third-order valence-electron chi connectivity index (χ3n) is 6.57. The molecule has 0 spiro atoms. The first-order chi connectivity index (χ1) is 19.6. The molecule has 10 heteroatoms. The summed E-state index contributed by atoms with van der Waals surface area (Å²) in [4.78, 5) is 30.9. The molecule has 0 bridgehead atoms. The Hall–Kier alpha value is -3.66. The van der Waals surface area contributed by atoms with Crippen LogP contribution in [0.2, 0.25) is 5.02 Å². The Morgan fingerprint density at radius 1 is 0.950 bits per heavy atom. The van der Waals surface area contributed by atoms with E-state index in [4.69, 9.17) is 26.3 Å². The van der Waals surface area contributed by atoms with Crippen LogP contribution in [0.25, 0.3) is 0 Å². The molecule has 206 valence electrons. The summed E-state index contributed by atoms with van der Waals surface area (Å²) >= 11 is 7.99. The molecule has 1 amide bonds. The molecule has 40 heavy (non-hydrogen) atoms. The van der Waals surface area contributed by atoms with Crippen LogP contribution < -0.4 is 15.1 Å². The topological polar surface area (TPSA) is 83.5 Å². The number of nitrogens with zero attached hydrogens (tertiary/aromatic N) is 5. The largest absolute Gasteiger partial charge is 0.378 e. The number of para-hydroxylation sites is 1. The molecule has 1 saturated heterocycles. The zero-order chi connectivity index (χ0) is 27.7. The first-order valence-electron chi connectivity index (χ1n) is 13.1. The lowest BCUT2D eigenvalue weighted by atomic mass is 10.1. The molecule has 1 fully saturated rings. The van der Waals surface area contributed by atoms with Crippen LogP contribution in [0.3, 0.4) is 0 Å². The van der Waals surface area contributed by atoms with Crippen molar-refractivity contribution in [2.45, 2.75) is 24.1 Å². The summed E-state index contributed by atoms with van der Waals surface area (Å²) in [5, 5.41) is 4.39. The Morgan fingerprint density at radius 3 is 2.42 bits per heavy atom. The smallest absolute Gasteiger partial charge is 0.251 e. The lowest BCUT2D eigenvalue weighted by Crippen LogP contribution is -2.47. The number of nitrogens with one attached hydrogen (secondary N) is 1. The van der Waals surface area contributed by atoms with E-state index >= 15 is 0 Å². The Labute approximate surface area is 243 Å². The molecule has 0 saturated carbocycles. The first kappa shape index (κ1) is 27.9. The van der Waals surface area contributed by atoms with E-state index in [1.54, 1.807) is 25.1 Å². The van der Waals surface area contributed by atoms with Crippen molar-refractivity contribution in [3.8, 4) is 0 Å². The van der Waals surface area contributed by atoms with E-state index in [2.05, 4.69) is 26.2 Å². The molecular formula is C30H31ClN6O2S. The number of benzene rings is 2. The van der Waals surface area contributed by atoms with Crippen LogP contribution in [-0.4, -0.2) is 54.1 Å². The van der Waals surface area contributed by atoms with Gasteiger partial charge in [-0.1, -0.05) is 53.7 Å². The molecule has 1 aliphatic rings. The summed E-state index contributed by atoms with van der Waals surface area (Å²) in [6, 6.07) is 23.2. The van der Waals surface area contributed by atoms with Crippen molar-refractivity contribution >= 4 is 40.8 Å². The molecule has 1 aliphatic heterocycles. The number of thioether (sulfide) groups is 1. The number of hydrogen-bond acceptors (Lipinski definition) is 8. The molecule has 4 aromatic rings. The van der Waals surface area contributed by atoms with E-state index in [-0.39, 0.29) is 5.91 Å². The number of pyridine rings is 1. The van der Waals surface area contributed by atoms with Crippen molar-refractivity contribution in [1.82, 2.24) is 20.3 Å². The van der Waals surface area contributed by atoms with Crippen molar-refractivity contribution in [1.29, 1.82) is 0 Å². The van der Waals surface area contributed by atoms with Crippen LogP contribution in [-0.2, 0) is 23.6 Å². The van der Waals surface area contributed by atoms with Crippen molar-refractivity contribution in [2.75, 3.05) is 43.1 Å². The molecule has 0 atom stereocenters. The molecule has 3 heterocycles. The molecule has 8 nitrogen and oxygen atoms in total. The van der Waals surface area contributed by atoms with Crippen molar-refractivity contribution < 1.29 is 9.53 Å². The Kier molecular flexibility index (Phi) is 9.49. The van der Waals surface area contributed by atoms with Gasteiger partial charge in [-0.15, -0.1) is 0 Å².